The Morgan fingerprint density at radius 1 is 1.35 bits per heavy atom. The molecule has 0 aromatic carbocycles. The maximum Gasteiger partial charge on any atom is 0.208 e. The highest BCUT2D eigenvalue weighted by Crippen LogP contribution is 2.34. The highest BCUT2D eigenvalue weighted by molar-refractivity contribution is 7.15. The molecule has 23 heavy (non-hydrogen) atoms. The van der Waals surface area contributed by atoms with Crippen LogP contribution in [-0.4, -0.2) is 37.9 Å². The van der Waals surface area contributed by atoms with Gasteiger partial charge in [0.25, 0.3) is 0 Å². The number of piperidine rings is 1. The number of nitrogens with zero attached hydrogens (tertiary/aromatic N) is 5. The zero-order valence-corrected chi connectivity index (χ0v) is 15.0. The second-order valence-electron chi connectivity index (χ2n) is 7.33. The first-order valence-electron chi connectivity index (χ1n) is 8.10. The summed E-state index contributed by atoms with van der Waals surface area (Å²) in [4.78, 5) is 6.55. The molecule has 6 nitrogen and oxygen atoms in total. The fourth-order valence-electron chi connectivity index (χ4n) is 2.96. The van der Waals surface area contributed by atoms with Gasteiger partial charge >= 0.3 is 0 Å². The average Bonchev–Trinajstić information content (AvgIpc) is 3.15. The van der Waals surface area contributed by atoms with Crippen molar-refractivity contribution in [3.05, 3.63) is 23.2 Å². The first kappa shape index (κ1) is 16.4. The number of aliphatic hydroxyl groups excluding tert-OH is 1. The van der Waals surface area contributed by atoms with E-state index < -0.39 is 6.10 Å². The fraction of sp³-hybridized carbons (Fsp3) is 0.688. The molecule has 126 valence electrons. The second kappa shape index (κ2) is 6.20. The summed E-state index contributed by atoms with van der Waals surface area (Å²) in [6.07, 6.45) is 5.14. The minimum Gasteiger partial charge on any atom is -0.385 e. The molecule has 1 fully saturated rings. The molecular weight excluding hydrogens is 310 g/mol. The maximum absolute atomic E-state index is 10.7. The van der Waals surface area contributed by atoms with Crippen LogP contribution in [0.25, 0.3) is 0 Å². The van der Waals surface area contributed by atoms with Gasteiger partial charge < -0.3 is 14.6 Å². The van der Waals surface area contributed by atoms with E-state index in [9.17, 15) is 5.11 Å². The molecule has 0 spiro atoms. The van der Waals surface area contributed by atoms with E-state index >= 15 is 0 Å². The molecule has 2 aromatic heterocycles. The molecule has 1 aliphatic heterocycles. The molecule has 0 bridgehead atoms. The van der Waals surface area contributed by atoms with Gasteiger partial charge in [0.05, 0.1) is 0 Å². The fourth-order valence-corrected chi connectivity index (χ4v) is 3.90. The Balaban J connectivity index is 1.73. The SMILES string of the molecule is Cn1ccnc1C(O)C1CCCN(c2nnc(C(C)(C)C)s2)C1. The second-order valence-corrected chi connectivity index (χ2v) is 8.29. The lowest BCUT2D eigenvalue weighted by Crippen LogP contribution is -2.38. The summed E-state index contributed by atoms with van der Waals surface area (Å²) in [5, 5.41) is 21.4. The van der Waals surface area contributed by atoms with Crippen molar-refractivity contribution >= 4 is 16.5 Å². The molecule has 0 radical (unpaired) electrons. The Hall–Kier alpha value is -1.47. The smallest absolute Gasteiger partial charge is 0.208 e. The molecular formula is C16H25N5OS. The zero-order valence-electron chi connectivity index (χ0n) is 14.2. The van der Waals surface area contributed by atoms with Crippen LogP contribution in [0.15, 0.2) is 12.4 Å². The molecule has 2 aromatic rings. The average molecular weight is 335 g/mol. The summed E-state index contributed by atoms with van der Waals surface area (Å²) in [5.74, 6) is 0.913. The summed E-state index contributed by atoms with van der Waals surface area (Å²) in [5.41, 5.74) is 0.0254. The van der Waals surface area contributed by atoms with E-state index in [1.807, 2.05) is 17.8 Å². The van der Waals surface area contributed by atoms with E-state index in [1.54, 1.807) is 17.5 Å². The van der Waals surface area contributed by atoms with Gasteiger partial charge in [-0.25, -0.2) is 4.98 Å². The van der Waals surface area contributed by atoms with Crippen molar-refractivity contribution in [2.45, 2.75) is 45.1 Å². The summed E-state index contributed by atoms with van der Waals surface area (Å²) in [6.45, 7) is 8.23. The van der Waals surface area contributed by atoms with E-state index in [2.05, 4.69) is 40.9 Å². The van der Waals surface area contributed by atoms with Gasteiger partial charge in [-0.15, -0.1) is 10.2 Å². The molecule has 0 saturated carbocycles. The molecule has 1 aliphatic rings. The minimum atomic E-state index is -0.534. The van der Waals surface area contributed by atoms with Crippen LogP contribution in [0.1, 0.15) is 50.5 Å². The highest BCUT2D eigenvalue weighted by Gasteiger charge is 2.31. The number of imidazole rings is 1. The van der Waals surface area contributed by atoms with Crippen molar-refractivity contribution in [3.8, 4) is 0 Å². The molecule has 0 aliphatic carbocycles. The third-order valence-electron chi connectivity index (χ3n) is 4.35. The van der Waals surface area contributed by atoms with E-state index in [0.717, 1.165) is 41.9 Å². The van der Waals surface area contributed by atoms with Crippen molar-refractivity contribution in [3.63, 3.8) is 0 Å². The van der Waals surface area contributed by atoms with Gasteiger partial charge in [0, 0.05) is 43.9 Å². The topological polar surface area (TPSA) is 67.1 Å². The Morgan fingerprint density at radius 2 is 2.13 bits per heavy atom. The normalized spacial score (nSPS) is 20.7. The quantitative estimate of drug-likeness (QED) is 0.933. The number of hydrogen-bond acceptors (Lipinski definition) is 6. The lowest BCUT2D eigenvalue weighted by molar-refractivity contribution is 0.0875. The van der Waals surface area contributed by atoms with Gasteiger partial charge in [-0.2, -0.15) is 0 Å². The predicted molar refractivity (Wildman–Crippen MR) is 91.7 cm³/mol. The van der Waals surface area contributed by atoms with Crippen LogP contribution in [0.2, 0.25) is 0 Å². The predicted octanol–water partition coefficient (Wildman–Crippen LogP) is 2.52. The van der Waals surface area contributed by atoms with E-state index in [1.165, 1.54) is 0 Å². The first-order chi connectivity index (χ1) is 10.9. The summed E-state index contributed by atoms with van der Waals surface area (Å²) in [7, 11) is 1.92. The Morgan fingerprint density at radius 3 is 2.74 bits per heavy atom. The van der Waals surface area contributed by atoms with Crippen LogP contribution in [-0.2, 0) is 12.5 Å². The van der Waals surface area contributed by atoms with E-state index in [-0.39, 0.29) is 11.3 Å². The molecule has 2 unspecified atom stereocenters. The molecule has 0 amide bonds. The van der Waals surface area contributed by atoms with Gasteiger partial charge in [-0.1, -0.05) is 32.1 Å². The molecule has 3 heterocycles. The lowest BCUT2D eigenvalue weighted by Gasteiger charge is -2.34. The number of aromatic nitrogens is 4. The van der Waals surface area contributed by atoms with Gasteiger partial charge in [0.1, 0.15) is 16.9 Å². The Bertz CT molecular complexity index is 659. The van der Waals surface area contributed by atoms with Crippen molar-refractivity contribution in [1.29, 1.82) is 0 Å². The number of rotatable bonds is 3. The van der Waals surface area contributed by atoms with Crippen LogP contribution < -0.4 is 4.90 Å². The minimum absolute atomic E-state index is 0.0254. The molecule has 1 saturated heterocycles. The van der Waals surface area contributed by atoms with E-state index in [0.29, 0.717) is 0 Å². The van der Waals surface area contributed by atoms with Crippen LogP contribution in [0, 0.1) is 5.92 Å². The monoisotopic (exact) mass is 335 g/mol. The van der Waals surface area contributed by atoms with Gasteiger partial charge in [0.2, 0.25) is 5.13 Å². The molecule has 2 atom stereocenters. The van der Waals surface area contributed by atoms with Crippen molar-refractivity contribution in [1.82, 2.24) is 19.7 Å². The van der Waals surface area contributed by atoms with Crippen LogP contribution in [0.4, 0.5) is 5.13 Å². The third kappa shape index (κ3) is 3.40. The summed E-state index contributed by atoms with van der Waals surface area (Å²) < 4.78 is 1.90. The number of aliphatic hydroxyl groups is 1. The maximum atomic E-state index is 10.7. The zero-order chi connectivity index (χ0) is 16.6. The van der Waals surface area contributed by atoms with E-state index in [4.69, 9.17) is 0 Å². The highest BCUT2D eigenvalue weighted by atomic mass is 32.1. The van der Waals surface area contributed by atoms with Gasteiger partial charge in [0.15, 0.2) is 0 Å². The number of anilines is 1. The standard InChI is InChI=1S/C16H25N5OS/c1-16(2,3)14-18-19-15(23-14)21-8-5-6-11(10-21)12(22)13-17-7-9-20(13)4/h7,9,11-12,22H,5-6,8,10H2,1-4H3. The molecule has 3 rings (SSSR count). The Kier molecular flexibility index (Phi) is 4.42. The Labute approximate surface area is 141 Å². The summed E-state index contributed by atoms with van der Waals surface area (Å²) >= 11 is 1.66. The largest absolute Gasteiger partial charge is 0.385 e. The van der Waals surface area contributed by atoms with Crippen molar-refractivity contribution in [2.75, 3.05) is 18.0 Å². The first-order valence-corrected chi connectivity index (χ1v) is 8.92. The van der Waals surface area contributed by atoms with Crippen LogP contribution in [0.3, 0.4) is 0 Å². The van der Waals surface area contributed by atoms with Gasteiger partial charge in [-0.3, -0.25) is 0 Å². The van der Waals surface area contributed by atoms with Crippen LogP contribution in [0.5, 0.6) is 0 Å². The summed E-state index contributed by atoms with van der Waals surface area (Å²) in [6, 6.07) is 0. The number of hydrogen-bond donors (Lipinski definition) is 1. The lowest BCUT2D eigenvalue weighted by atomic mass is 9.92. The number of aryl methyl sites for hydroxylation is 1. The molecule has 1 N–H and O–H groups in total. The van der Waals surface area contributed by atoms with Crippen molar-refractivity contribution < 1.29 is 5.11 Å². The molecule has 7 heteroatoms. The third-order valence-corrected chi connectivity index (χ3v) is 5.76. The van der Waals surface area contributed by atoms with Crippen LogP contribution >= 0.6 is 11.3 Å². The van der Waals surface area contributed by atoms with Crippen molar-refractivity contribution in [2.24, 2.45) is 13.0 Å². The van der Waals surface area contributed by atoms with Gasteiger partial charge in [-0.05, 0) is 12.8 Å².